The van der Waals surface area contributed by atoms with Gasteiger partial charge in [-0.1, -0.05) is 23.5 Å². The van der Waals surface area contributed by atoms with E-state index in [9.17, 15) is 4.79 Å². The van der Waals surface area contributed by atoms with Crippen LogP contribution in [0.4, 0.5) is 0 Å². The molecule has 7 heteroatoms. The first kappa shape index (κ1) is 16.7. The number of amides is 1. The number of carbonyl (C=O) groups excluding carboxylic acids is 1. The molecule has 1 aliphatic heterocycles. The van der Waals surface area contributed by atoms with Crippen LogP contribution >= 0.6 is 11.3 Å². The Bertz CT molecular complexity index is 1040. The number of benzene rings is 2. The van der Waals surface area contributed by atoms with Crippen LogP contribution in [0.5, 0.6) is 17.2 Å². The van der Waals surface area contributed by atoms with E-state index in [0.717, 1.165) is 16.0 Å². The zero-order chi connectivity index (χ0) is 18.1. The second-order valence-electron chi connectivity index (χ2n) is 5.82. The third-order valence-corrected chi connectivity index (χ3v) is 5.18. The molecule has 3 aromatic rings. The van der Waals surface area contributed by atoms with E-state index in [-0.39, 0.29) is 12.5 Å². The van der Waals surface area contributed by atoms with Gasteiger partial charge < -0.3 is 18.8 Å². The topological polar surface area (TPSA) is 62.1 Å². The van der Waals surface area contributed by atoms with Gasteiger partial charge in [-0.15, -0.1) is 0 Å². The smallest absolute Gasteiger partial charge is 0.292 e. The Morgan fingerprint density at radius 2 is 2.12 bits per heavy atom. The van der Waals surface area contributed by atoms with Crippen LogP contribution in [0.2, 0.25) is 0 Å². The Kier molecular flexibility index (Phi) is 4.38. The van der Waals surface area contributed by atoms with Crippen LogP contribution in [-0.4, -0.2) is 29.8 Å². The minimum absolute atomic E-state index is 0.155. The molecule has 0 spiro atoms. The number of ether oxygens (including phenoxy) is 3. The van der Waals surface area contributed by atoms with Gasteiger partial charge in [0.1, 0.15) is 12.4 Å². The number of thiazole rings is 1. The quantitative estimate of drug-likeness (QED) is 0.711. The molecule has 0 bridgehead atoms. The maximum atomic E-state index is 12.6. The highest BCUT2D eigenvalue weighted by Crippen LogP contribution is 2.31. The molecule has 0 saturated heterocycles. The van der Waals surface area contributed by atoms with Gasteiger partial charge in [-0.25, -0.2) is 0 Å². The largest absolute Gasteiger partial charge is 0.494 e. The number of hydrogen-bond acceptors (Lipinski definition) is 5. The van der Waals surface area contributed by atoms with Crippen molar-refractivity contribution in [2.24, 2.45) is 12.0 Å². The summed E-state index contributed by atoms with van der Waals surface area (Å²) in [4.78, 5) is 17.4. The first-order valence-corrected chi connectivity index (χ1v) is 9.17. The van der Waals surface area contributed by atoms with Gasteiger partial charge >= 0.3 is 0 Å². The third-order valence-electron chi connectivity index (χ3n) is 4.08. The van der Waals surface area contributed by atoms with Crippen molar-refractivity contribution in [3.63, 3.8) is 0 Å². The summed E-state index contributed by atoms with van der Waals surface area (Å²) in [5, 5.41) is 0. The first-order chi connectivity index (χ1) is 12.7. The summed E-state index contributed by atoms with van der Waals surface area (Å²) in [7, 11) is 1.89. The van der Waals surface area contributed by atoms with Crippen LogP contribution in [0.15, 0.2) is 47.5 Å². The Morgan fingerprint density at radius 1 is 1.31 bits per heavy atom. The summed E-state index contributed by atoms with van der Waals surface area (Å²) in [6, 6.07) is 13.1. The molecule has 1 aromatic heterocycles. The Hall–Kier alpha value is -2.80. The summed E-state index contributed by atoms with van der Waals surface area (Å²) in [6.45, 7) is 2.71. The summed E-state index contributed by atoms with van der Waals surface area (Å²) < 4.78 is 19.8. The summed E-state index contributed by atoms with van der Waals surface area (Å²) >= 11 is 1.44. The number of nitrogens with zero attached hydrogens (tertiary/aromatic N) is 2. The van der Waals surface area contributed by atoms with Crippen LogP contribution in [0.3, 0.4) is 0 Å². The molecule has 26 heavy (non-hydrogen) atoms. The van der Waals surface area contributed by atoms with Crippen LogP contribution in [0.1, 0.15) is 6.92 Å². The number of aryl methyl sites for hydroxylation is 1. The lowest BCUT2D eigenvalue weighted by Gasteiger charge is -2.23. The van der Waals surface area contributed by atoms with E-state index in [2.05, 4.69) is 4.99 Å². The number of rotatable bonds is 3. The number of aromatic nitrogens is 1. The summed E-state index contributed by atoms with van der Waals surface area (Å²) in [5.41, 5.74) is 0.996. The van der Waals surface area contributed by atoms with Gasteiger partial charge in [-0.2, -0.15) is 4.99 Å². The maximum Gasteiger partial charge on any atom is 0.292 e. The zero-order valence-electron chi connectivity index (χ0n) is 14.5. The van der Waals surface area contributed by atoms with Crippen molar-refractivity contribution in [2.75, 3.05) is 13.2 Å². The molecule has 0 radical (unpaired) electrons. The second kappa shape index (κ2) is 6.84. The predicted octanol–water partition coefficient (Wildman–Crippen LogP) is 2.91. The highest BCUT2D eigenvalue weighted by Gasteiger charge is 2.27. The molecule has 0 saturated carbocycles. The van der Waals surface area contributed by atoms with Crippen molar-refractivity contribution in [3.8, 4) is 17.2 Å². The third kappa shape index (κ3) is 3.06. The van der Waals surface area contributed by atoms with E-state index >= 15 is 0 Å². The number of carbonyl (C=O) groups is 1. The molecule has 1 atom stereocenters. The standard InChI is InChI=1S/C19H18N2O4S/c1-3-23-12-8-9-13-17(10-12)26-19(21(13)2)20-18(22)16-11-24-14-6-4-5-7-15(14)25-16/h4-10,16H,3,11H2,1-2H3. The minimum Gasteiger partial charge on any atom is -0.494 e. The van der Waals surface area contributed by atoms with E-state index in [1.54, 1.807) is 6.07 Å². The van der Waals surface area contributed by atoms with Crippen molar-refractivity contribution in [1.82, 2.24) is 4.57 Å². The van der Waals surface area contributed by atoms with Crippen LogP contribution in [0, 0.1) is 0 Å². The minimum atomic E-state index is -0.742. The number of fused-ring (bicyclic) bond motifs is 2. The Balaban J connectivity index is 1.63. The predicted molar refractivity (Wildman–Crippen MR) is 98.9 cm³/mol. The molecule has 1 aliphatic rings. The van der Waals surface area contributed by atoms with Crippen LogP contribution < -0.4 is 19.0 Å². The lowest BCUT2D eigenvalue weighted by atomic mass is 10.2. The normalized spacial score (nSPS) is 16.7. The summed E-state index contributed by atoms with van der Waals surface area (Å²) in [5.74, 6) is 1.66. The average Bonchev–Trinajstić information content (AvgIpc) is 2.96. The molecule has 0 aliphatic carbocycles. The molecule has 0 N–H and O–H groups in total. The Morgan fingerprint density at radius 3 is 2.92 bits per heavy atom. The van der Waals surface area contributed by atoms with E-state index in [1.165, 1.54) is 11.3 Å². The van der Waals surface area contributed by atoms with Crippen LogP contribution in [0.25, 0.3) is 10.2 Å². The Labute approximate surface area is 154 Å². The van der Waals surface area contributed by atoms with E-state index in [4.69, 9.17) is 14.2 Å². The number of hydrogen-bond donors (Lipinski definition) is 0. The molecule has 6 nitrogen and oxygen atoms in total. The van der Waals surface area contributed by atoms with Crippen molar-refractivity contribution in [1.29, 1.82) is 0 Å². The van der Waals surface area contributed by atoms with Gasteiger partial charge in [0.2, 0.25) is 6.10 Å². The number of para-hydroxylation sites is 2. The fourth-order valence-electron chi connectivity index (χ4n) is 2.78. The van der Waals surface area contributed by atoms with Crippen molar-refractivity contribution in [2.45, 2.75) is 13.0 Å². The fourth-order valence-corrected chi connectivity index (χ4v) is 3.84. The van der Waals surface area contributed by atoms with Gasteiger partial charge in [-0.3, -0.25) is 4.79 Å². The molecular weight excluding hydrogens is 352 g/mol. The second-order valence-corrected chi connectivity index (χ2v) is 6.83. The van der Waals surface area contributed by atoms with Crippen LogP contribution in [-0.2, 0) is 11.8 Å². The first-order valence-electron chi connectivity index (χ1n) is 8.35. The SMILES string of the molecule is CCOc1ccc2c(c1)sc(=NC(=O)C1COc3ccccc3O1)n2C. The van der Waals surface area contributed by atoms with E-state index in [1.807, 2.05) is 54.9 Å². The van der Waals surface area contributed by atoms with Gasteiger partial charge in [0.15, 0.2) is 16.3 Å². The van der Waals surface area contributed by atoms with Crippen molar-refractivity contribution in [3.05, 3.63) is 47.3 Å². The summed E-state index contributed by atoms with van der Waals surface area (Å²) in [6.07, 6.45) is -0.742. The van der Waals surface area contributed by atoms with E-state index in [0.29, 0.717) is 22.9 Å². The highest BCUT2D eigenvalue weighted by atomic mass is 32.1. The van der Waals surface area contributed by atoms with E-state index < -0.39 is 6.10 Å². The highest BCUT2D eigenvalue weighted by molar-refractivity contribution is 7.16. The molecule has 4 rings (SSSR count). The fraction of sp³-hybridized carbons (Fsp3) is 0.263. The van der Waals surface area contributed by atoms with Crippen molar-refractivity contribution < 1.29 is 19.0 Å². The molecule has 0 fully saturated rings. The van der Waals surface area contributed by atoms with Gasteiger partial charge in [0.25, 0.3) is 5.91 Å². The molecule has 2 aromatic carbocycles. The molecule has 134 valence electrons. The molecule has 1 amide bonds. The lowest BCUT2D eigenvalue weighted by molar-refractivity contribution is -0.127. The lowest BCUT2D eigenvalue weighted by Crippen LogP contribution is -2.36. The van der Waals surface area contributed by atoms with Crippen molar-refractivity contribution >= 4 is 27.5 Å². The zero-order valence-corrected chi connectivity index (χ0v) is 15.3. The van der Waals surface area contributed by atoms with Gasteiger partial charge in [-0.05, 0) is 37.3 Å². The molecule has 1 unspecified atom stereocenters. The van der Waals surface area contributed by atoms with Gasteiger partial charge in [0, 0.05) is 7.05 Å². The average molecular weight is 370 g/mol. The maximum absolute atomic E-state index is 12.6. The monoisotopic (exact) mass is 370 g/mol. The molecule has 2 heterocycles. The molecular formula is C19H18N2O4S. The van der Waals surface area contributed by atoms with Gasteiger partial charge in [0.05, 0.1) is 16.8 Å².